The Morgan fingerprint density at radius 2 is 2.05 bits per heavy atom. The standard InChI is InChI=1S/C14H17F2NO4S/c15-13(16)21-9-4-7-22-10(9)11(18)17-8-14(12(19)20)5-2-1-3-6-14/h4,7,13H,1-3,5-6,8H2,(H,17,18)(H,19,20). The van der Waals surface area contributed by atoms with Crippen LogP contribution < -0.4 is 10.1 Å². The lowest BCUT2D eigenvalue weighted by Crippen LogP contribution is -2.44. The molecular weight excluding hydrogens is 316 g/mol. The van der Waals surface area contributed by atoms with Gasteiger partial charge in [0.15, 0.2) is 0 Å². The van der Waals surface area contributed by atoms with Crippen LogP contribution in [0.25, 0.3) is 0 Å². The molecule has 22 heavy (non-hydrogen) atoms. The highest BCUT2D eigenvalue weighted by atomic mass is 32.1. The molecule has 0 bridgehead atoms. The Balaban J connectivity index is 2.02. The SMILES string of the molecule is O=C(NCC1(C(=O)O)CCCCC1)c1sccc1OC(F)F. The van der Waals surface area contributed by atoms with E-state index in [1.807, 2.05) is 0 Å². The molecule has 0 atom stereocenters. The van der Waals surface area contributed by atoms with E-state index in [-0.39, 0.29) is 17.2 Å². The zero-order valence-corrected chi connectivity index (χ0v) is 12.6. The van der Waals surface area contributed by atoms with E-state index < -0.39 is 23.9 Å². The number of carbonyl (C=O) groups excluding carboxylic acids is 1. The molecule has 1 aliphatic rings. The van der Waals surface area contributed by atoms with E-state index in [2.05, 4.69) is 10.1 Å². The monoisotopic (exact) mass is 333 g/mol. The first-order valence-electron chi connectivity index (χ1n) is 6.98. The molecule has 1 aromatic rings. The Morgan fingerprint density at radius 1 is 1.36 bits per heavy atom. The lowest BCUT2D eigenvalue weighted by molar-refractivity contribution is -0.150. The smallest absolute Gasteiger partial charge is 0.387 e. The van der Waals surface area contributed by atoms with Crippen LogP contribution in [-0.4, -0.2) is 30.1 Å². The molecule has 0 aliphatic heterocycles. The molecule has 2 rings (SSSR count). The summed E-state index contributed by atoms with van der Waals surface area (Å²) in [7, 11) is 0. The quantitative estimate of drug-likeness (QED) is 0.839. The molecule has 8 heteroatoms. The molecular formula is C14H17F2NO4S. The summed E-state index contributed by atoms with van der Waals surface area (Å²) >= 11 is 0.976. The molecule has 0 unspecified atom stereocenters. The maximum Gasteiger partial charge on any atom is 0.387 e. The van der Waals surface area contributed by atoms with Crippen LogP contribution in [0.2, 0.25) is 0 Å². The summed E-state index contributed by atoms with van der Waals surface area (Å²) in [4.78, 5) is 23.6. The van der Waals surface area contributed by atoms with Crippen LogP contribution in [0.1, 0.15) is 41.8 Å². The molecule has 0 spiro atoms. The topological polar surface area (TPSA) is 75.6 Å². The van der Waals surface area contributed by atoms with Gasteiger partial charge in [-0.3, -0.25) is 9.59 Å². The highest BCUT2D eigenvalue weighted by Crippen LogP contribution is 2.36. The third-order valence-corrected chi connectivity index (χ3v) is 4.80. The Bertz CT molecular complexity index is 541. The maximum atomic E-state index is 12.3. The number of carbonyl (C=O) groups is 2. The molecule has 1 fully saturated rings. The summed E-state index contributed by atoms with van der Waals surface area (Å²) in [5.41, 5.74) is -0.963. The number of carboxylic acids is 1. The Labute approximate surface area is 130 Å². The summed E-state index contributed by atoms with van der Waals surface area (Å²) in [5, 5.41) is 13.5. The van der Waals surface area contributed by atoms with Gasteiger partial charge in [0.05, 0.1) is 5.41 Å². The van der Waals surface area contributed by atoms with E-state index in [4.69, 9.17) is 0 Å². The molecule has 5 nitrogen and oxygen atoms in total. The number of alkyl halides is 2. The highest BCUT2D eigenvalue weighted by Gasteiger charge is 2.40. The summed E-state index contributed by atoms with van der Waals surface area (Å²) < 4.78 is 28.8. The number of halogens is 2. The van der Waals surface area contributed by atoms with Crippen molar-refractivity contribution in [1.82, 2.24) is 5.32 Å². The van der Waals surface area contributed by atoms with Gasteiger partial charge in [-0.25, -0.2) is 0 Å². The minimum atomic E-state index is -3.01. The molecule has 122 valence electrons. The predicted octanol–water partition coefficient (Wildman–Crippen LogP) is 3.11. The van der Waals surface area contributed by atoms with Crippen LogP contribution in [0.4, 0.5) is 8.78 Å². The predicted molar refractivity (Wildman–Crippen MR) is 76.4 cm³/mol. The van der Waals surface area contributed by atoms with Crippen LogP contribution in [-0.2, 0) is 4.79 Å². The number of nitrogens with one attached hydrogen (secondary N) is 1. The van der Waals surface area contributed by atoms with Gasteiger partial charge in [-0.2, -0.15) is 8.78 Å². The van der Waals surface area contributed by atoms with Crippen LogP contribution in [0.15, 0.2) is 11.4 Å². The summed E-state index contributed by atoms with van der Waals surface area (Å²) in [6, 6.07) is 1.29. The van der Waals surface area contributed by atoms with Crippen molar-refractivity contribution in [3.05, 3.63) is 16.3 Å². The second-order valence-electron chi connectivity index (χ2n) is 5.32. The zero-order chi connectivity index (χ0) is 16.2. The second kappa shape index (κ2) is 7.04. The van der Waals surface area contributed by atoms with Gasteiger partial charge in [-0.15, -0.1) is 11.3 Å². The normalized spacial score (nSPS) is 17.2. The number of hydrogen-bond acceptors (Lipinski definition) is 4. The summed E-state index contributed by atoms with van der Waals surface area (Å²) in [5.74, 6) is -1.70. The molecule has 1 saturated carbocycles. The van der Waals surface area contributed by atoms with E-state index >= 15 is 0 Å². The minimum Gasteiger partial charge on any atom is -0.481 e. The fraction of sp³-hybridized carbons (Fsp3) is 0.571. The van der Waals surface area contributed by atoms with Crippen LogP contribution in [0, 0.1) is 5.41 Å². The largest absolute Gasteiger partial charge is 0.481 e. The van der Waals surface area contributed by atoms with Crippen molar-refractivity contribution < 1.29 is 28.2 Å². The Morgan fingerprint density at radius 3 is 2.64 bits per heavy atom. The van der Waals surface area contributed by atoms with Crippen molar-refractivity contribution in [2.45, 2.75) is 38.7 Å². The Kier molecular flexibility index (Phi) is 5.33. The number of carboxylic acid groups (broad SMARTS) is 1. The number of thiophene rings is 1. The molecule has 0 saturated heterocycles. The summed E-state index contributed by atoms with van der Waals surface area (Å²) in [6.07, 6.45) is 3.61. The molecule has 0 radical (unpaired) electrons. The fourth-order valence-electron chi connectivity index (χ4n) is 2.68. The van der Waals surface area contributed by atoms with E-state index in [0.29, 0.717) is 12.8 Å². The molecule has 1 aromatic heterocycles. The average molecular weight is 333 g/mol. The van der Waals surface area contributed by atoms with Crippen LogP contribution in [0.5, 0.6) is 5.75 Å². The van der Waals surface area contributed by atoms with Crippen molar-refractivity contribution in [3.8, 4) is 5.75 Å². The second-order valence-corrected chi connectivity index (χ2v) is 6.24. The van der Waals surface area contributed by atoms with Crippen molar-refractivity contribution in [1.29, 1.82) is 0 Å². The Hall–Kier alpha value is -1.70. The van der Waals surface area contributed by atoms with E-state index in [1.165, 1.54) is 11.4 Å². The van der Waals surface area contributed by atoms with Crippen molar-refractivity contribution in [2.24, 2.45) is 5.41 Å². The van der Waals surface area contributed by atoms with Gasteiger partial charge in [0, 0.05) is 6.54 Å². The van der Waals surface area contributed by atoms with Crippen molar-refractivity contribution in [2.75, 3.05) is 6.54 Å². The minimum absolute atomic E-state index is 0.00676. The lowest BCUT2D eigenvalue weighted by atomic mass is 9.74. The lowest BCUT2D eigenvalue weighted by Gasteiger charge is -2.33. The fourth-order valence-corrected chi connectivity index (χ4v) is 3.42. The maximum absolute atomic E-state index is 12.3. The summed E-state index contributed by atoms with van der Waals surface area (Å²) in [6.45, 7) is -3.02. The number of ether oxygens (including phenoxy) is 1. The van der Waals surface area contributed by atoms with E-state index in [0.717, 1.165) is 30.6 Å². The van der Waals surface area contributed by atoms with Gasteiger partial charge < -0.3 is 15.2 Å². The molecule has 1 heterocycles. The zero-order valence-electron chi connectivity index (χ0n) is 11.8. The van der Waals surface area contributed by atoms with E-state index in [1.54, 1.807) is 0 Å². The first kappa shape index (κ1) is 16.7. The molecule has 0 aromatic carbocycles. The van der Waals surface area contributed by atoms with Gasteiger partial charge in [0.25, 0.3) is 5.91 Å². The van der Waals surface area contributed by atoms with E-state index in [9.17, 15) is 23.5 Å². The molecule has 1 amide bonds. The first-order chi connectivity index (χ1) is 10.4. The number of amides is 1. The van der Waals surface area contributed by atoms with Gasteiger partial charge >= 0.3 is 12.6 Å². The van der Waals surface area contributed by atoms with Gasteiger partial charge in [0.1, 0.15) is 10.6 Å². The van der Waals surface area contributed by atoms with Gasteiger partial charge in [0.2, 0.25) is 0 Å². The van der Waals surface area contributed by atoms with Crippen molar-refractivity contribution >= 4 is 23.2 Å². The van der Waals surface area contributed by atoms with Gasteiger partial charge in [-0.1, -0.05) is 19.3 Å². The molecule has 1 aliphatic carbocycles. The third kappa shape index (κ3) is 3.73. The average Bonchev–Trinajstić information content (AvgIpc) is 2.93. The first-order valence-corrected chi connectivity index (χ1v) is 7.86. The number of aliphatic carboxylic acids is 1. The third-order valence-electron chi connectivity index (χ3n) is 3.90. The number of hydrogen-bond donors (Lipinski definition) is 2. The molecule has 2 N–H and O–H groups in total. The van der Waals surface area contributed by atoms with Gasteiger partial charge in [-0.05, 0) is 24.3 Å². The number of rotatable bonds is 6. The van der Waals surface area contributed by atoms with Crippen molar-refractivity contribution in [3.63, 3.8) is 0 Å². The highest BCUT2D eigenvalue weighted by molar-refractivity contribution is 7.12. The van der Waals surface area contributed by atoms with Crippen LogP contribution in [0.3, 0.4) is 0 Å². The van der Waals surface area contributed by atoms with Crippen LogP contribution >= 0.6 is 11.3 Å².